The molecule has 1 saturated heterocycles. The maximum atomic E-state index is 13.5. The number of tetrazole rings is 1. The number of ether oxygens (including phenoxy) is 1. The number of para-hydroxylation sites is 1. The molecule has 0 aliphatic carbocycles. The molecule has 1 aliphatic heterocycles. The van der Waals surface area contributed by atoms with Gasteiger partial charge >= 0.3 is 6.09 Å². The smallest absolute Gasteiger partial charge is 0.407 e. The molecule has 270 valence electrons. The first-order valence-corrected chi connectivity index (χ1v) is 17.0. The first-order chi connectivity index (χ1) is 23.5. The highest BCUT2D eigenvalue weighted by Crippen LogP contribution is 2.24. The van der Waals surface area contributed by atoms with Crippen molar-refractivity contribution in [1.29, 1.82) is 0 Å². The number of thioether (sulfide) groups is 1. The van der Waals surface area contributed by atoms with Crippen LogP contribution in [0.5, 0.6) is 0 Å². The van der Waals surface area contributed by atoms with Gasteiger partial charge in [-0.25, -0.2) is 4.79 Å². The molecule has 1 fully saturated rings. The van der Waals surface area contributed by atoms with Gasteiger partial charge in [-0.15, -0.1) is 17.5 Å². The number of amides is 4. The summed E-state index contributed by atoms with van der Waals surface area (Å²) in [5, 5.41) is 16.8. The predicted octanol–water partition coefficient (Wildman–Crippen LogP) is 3.11. The molecule has 0 bridgehead atoms. The van der Waals surface area contributed by atoms with Gasteiger partial charge < -0.3 is 30.9 Å². The summed E-state index contributed by atoms with van der Waals surface area (Å²) >= 11 is 0.819. The average Bonchev–Trinajstić information content (AvgIpc) is 3.78. The summed E-state index contributed by atoms with van der Waals surface area (Å²) in [6, 6.07) is 15.5. The number of likely N-dealkylation sites (tertiary alicyclic amines) is 1. The van der Waals surface area contributed by atoms with E-state index >= 15 is 0 Å². The Morgan fingerprint density at radius 3 is 2.40 bits per heavy atom. The number of hydrogen-bond acceptors (Lipinski definition) is 11. The van der Waals surface area contributed by atoms with E-state index in [-0.39, 0.29) is 55.5 Å². The minimum atomic E-state index is -0.923. The van der Waals surface area contributed by atoms with E-state index in [0.29, 0.717) is 31.5 Å². The molecular formula is C33H44ClN9O6S. The van der Waals surface area contributed by atoms with Gasteiger partial charge in [-0.1, -0.05) is 48.5 Å². The third-order valence-electron chi connectivity index (χ3n) is 7.95. The zero-order valence-electron chi connectivity index (χ0n) is 28.3. The quantitative estimate of drug-likeness (QED) is 0.154. The summed E-state index contributed by atoms with van der Waals surface area (Å²) < 4.78 is 6.61. The van der Waals surface area contributed by atoms with E-state index in [0.717, 1.165) is 17.3 Å². The number of alkyl carbamates (subject to hydrolysis) is 1. The SMILES string of the molecule is CC(C)N(CC(=O)C1CCCN1C(=O)[C@H](C)NC(=O)C(N)CCCNC(=O)OCc1ccccc1)C(=O)Sc1nnnn1-c1ccccc1.Cl. The maximum Gasteiger partial charge on any atom is 0.407 e. The van der Waals surface area contributed by atoms with Crippen LogP contribution in [0.25, 0.3) is 5.69 Å². The summed E-state index contributed by atoms with van der Waals surface area (Å²) in [5.74, 6) is -1.19. The number of rotatable bonds is 15. The lowest BCUT2D eigenvalue weighted by Crippen LogP contribution is -2.54. The second kappa shape index (κ2) is 19.6. The number of halogens is 1. The Labute approximate surface area is 301 Å². The second-order valence-electron chi connectivity index (χ2n) is 11.9. The fraction of sp³-hybridized carbons (Fsp3) is 0.455. The molecule has 0 radical (unpaired) electrons. The summed E-state index contributed by atoms with van der Waals surface area (Å²) in [6.45, 7) is 5.72. The topological polar surface area (TPSA) is 195 Å². The van der Waals surface area contributed by atoms with Crippen LogP contribution >= 0.6 is 24.2 Å². The highest BCUT2D eigenvalue weighted by atomic mass is 35.5. The van der Waals surface area contributed by atoms with Gasteiger partial charge in [0.2, 0.25) is 17.0 Å². The van der Waals surface area contributed by atoms with Gasteiger partial charge in [0.05, 0.1) is 24.3 Å². The average molecular weight is 730 g/mol. The van der Waals surface area contributed by atoms with Gasteiger partial charge in [0.25, 0.3) is 5.24 Å². The van der Waals surface area contributed by atoms with E-state index in [9.17, 15) is 24.0 Å². The Bertz CT molecular complexity index is 1580. The van der Waals surface area contributed by atoms with E-state index in [4.69, 9.17) is 10.5 Å². The van der Waals surface area contributed by atoms with Crippen molar-refractivity contribution in [3.05, 3.63) is 66.2 Å². The van der Waals surface area contributed by atoms with Crippen molar-refractivity contribution in [2.24, 2.45) is 5.73 Å². The highest BCUT2D eigenvalue weighted by molar-refractivity contribution is 8.13. The molecule has 4 rings (SSSR count). The molecule has 1 aliphatic rings. The van der Waals surface area contributed by atoms with E-state index < -0.39 is 41.3 Å². The zero-order valence-corrected chi connectivity index (χ0v) is 29.9. The Morgan fingerprint density at radius 1 is 1.04 bits per heavy atom. The van der Waals surface area contributed by atoms with E-state index in [1.54, 1.807) is 20.8 Å². The minimum absolute atomic E-state index is 0. The Balaban J connectivity index is 0.00000676. The van der Waals surface area contributed by atoms with Crippen molar-refractivity contribution in [1.82, 2.24) is 40.6 Å². The third kappa shape index (κ3) is 11.2. The monoisotopic (exact) mass is 729 g/mol. The van der Waals surface area contributed by atoms with E-state index in [1.807, 2.05) is 60.7 Å². The number of hydrogen-bond donors (Lipinski definition) is 3. The van der Waals surface area contributed by atoms with E-state index in [1.165, 1.54) is 14.5 Å². The van der Waals surface area contributed by atoms with Crippen LogP contribution < -0.4 is 16.4 Å². The molecule has 1 aromatic heterocycles. The van der Waals surface area contributed by atoms with Gasteiger partial charge in [-0.05, 0) is 74.6 Å². The van der Waals surface area contributed by atoms with Crippen molar-refractivity contribution < 1.29 is 28.7 Å². The van der Waals surface area contributed by atoms with Gasteiger partial charge in [-0.3, -0.25) is 19.2 Å². The number of Topliss-reactive ketones (excluding diaryl/α,β-unsaturated/α-hetero) is 1. The summed E-state index contributed by atoms with van der Waals surface area (Å²) in [7, 11) is 0. The van der Waals surface area contributed by atoms with Crippen LogP contribution in [0, 0.1) is 0 Å². The largest absolute Gasteiger partial charge is 0.445 e. The molecule has 2 unspecified atom stereocenters. The van der Waals surface area contributed by atoms with Crippen LogP contribution in [0.1, 0.15) is 52.0 Å². The van der Waals surface area contributed by atoms with Crippen molar-refractivity contribution in [2.45, 2.75) is 82.4 Å². The first-order valence-electron chi connectivity index (χ1n) is 16.2. The van der Waals surface area contributed by atoms with Crippen molar-refractivity contribution in [2.75, 3.05) is 19.6 Å². The number of nitrogens with one attached hydrogen (secondary N) is 2. The molecule has 17 heteroatoms. The Morgan fingerprint density at radius 2 is 1.72 bits per heavy atom. The molecule has 0 saturated carbocycles. The molecule has 3 aromatic rings. The Hall–Kier alpha value is -4.54. The first kappa shape index (κ1) is 39.9. The molecule has 2 aromatic carbocycles. The third-order valence-corrected chi connectivity index (χ3v) is 8.80. The van der Waals surface area contributed by atoms with Crippen LogP contribution in [0.4, 0.5) is 9.59 Å². The number of benzene rings is 2. The fourth-order valence-corrected chi connectivity index (χ4v) is 6.11. The van der Waals surface area contributed by atoms with Gasteiger partial charge in [-0.2, -0.15) is 4.68 Å². The highest BCUT2D eigenvalue weighted by Gasteiger charge is 2.38. The van der Waals surface area contributed by atoms with Crippen LogP contribution in [-0.4, -0.2) is 103 Å². The van der Waals surface area contributed by atoms with Crippen LogP contribution in [0.15, 0.2) is 65.8 Å². The zero-order chi connectivity index (χ0) is 35.3. The fourth-order valence-electron chi connectivity index (χ4n) is 5.26. The molecule has 15 nitrogen and oxygen atoms in total. The number of nitrogens with zero attached hydrogens (tertiary/aromatic N) is 6. The summed E-state index contributed by atoms with van der Waals surface area (Å²) in [5.41, 5.74) is 7.61. The molecule has 4 amide bonds. The Kier molecular flexibility index (Phi) is 15.6. The lowest BCUT2D eigenvalue weighted by Gasteiger charge is -2.30. The molecule has 3 atom stereocenters. The van der Waals surface area contributed by atoms with Gasteiger partial charge in [0.15, 0.2) is 5.78 Å². The lowest BCUT2D eigenvalue weighted by molar-refractivity contribution is -0.140. The van der Waals surface area contributed by atoms with Crippen LogP contribution in [0.3, 0.4) is 0 Å². The lowest BCUT2D eigenvalue weighted by atomic mass is 10.1. The molecule has 2 heterocycles. The number of ketones is 1. The second-order valence-corrected chi connectivity index (χ2v) is 12.8. The maximum absolute atomic E-state index is 13.5. The van der Waals surface area contributed by atoms with Crippen molar-refractivity contribution in [3.63, 3.8) is 0 Å². The van der Waals surface area contributed by atoms with Crippen LogP contribution in [0.2, 0.25) is 0 Å². The minimum Gasteiger partial charge on any atom is -0.445 e. The van der Waals surface area contributed by atoms with Gasteiger partial charge in [0.1, 0.15) is 12.6 Å². The van der Waals surface area contributed by atoms with Crippen LogP contribution in [-0.2, 0) is 25.7 Å². The number of carbonyl (C=O) groups is 5. The summed E-state index contributed by atoms with van der Waals surface area (Å²) in [6.07, 6.45) is 1.18. The molecular weight excluding hydrogens is 686 g/mol. The normalized spacial score (nSPS) is 15.1. The standard InChI is InChI=1S/C33H43N9O6S.ClH/c1-22(2)41(33(47)49-31-37-38-39-42(31)25-14-8-5-9-15-25)20-28(43)27-17-11-19-40(27)30(45)23(3)36-29(44)26(34)16-10-18-35-32(46)48-21-24-12-6-4-7-13-24;/h4-9,12-15,22-23,26-27H,10-11,16-21,34H2,1-3H3,(H,35,46)(H,36,44);1H/t23-,26?,27?;/m0./s1. The van der Waals surface area contributed by atoms with E-state index in [2.05, 4.69) is 26.2 Å². The predicted molar refractivity (Wildman–Crippen MR) is 189 cm³/mol. The van der Waals surface area contributed by atoms with Gasteiger partial charge in [0, 0.05) is 30.9 Å². The summed E-state index contributed by atoms with van der Waals surface area (Å²) in [4.78, 5) is 67.9. The number of aromatic nitrogens is 4. The van der Waals surface area contributed by atoms with Crippen molar-refractivity contribution >= 4 is 53.1 Å². The van der Waals surface area contributed by atoms with Crippen molar-refractivity contribution in [3.8, 4) is 5.69 Å². The molecule has 4 N–H and O–H groups in total. The molecule has 0 spiro atoms. The number of carbonyl (C=O) groups excluding carboxylic acids is 5. The molecule has 50 heavy (non-hydrogen) atoms. The number of nitrogens with two attached hydrogens (primary N) is 1.